The van der Waals surface area contributed by atoms with Crippen molar-refractivity contribution < 1.29 is 10.2 Å². The van der Waals surface area contributed by atoms with E-state index in [0.29, 0.717) is 5.92 Å². The van der Waals surface area contributed by atoms with Crippen LogP contribution in [-0.4, -0.2) is 47.0 Å². The first kappa shape index (κ1) is 12.0. The lowest BCUT2D eigenvalue weighted by molar-refractivity contribution is 0.0411. The molecular formula is C11H23NO2. The van der Waals surface area contributed by atoms with E-state index in [0.717, 1.165) is 25.8 Å². The van der Waals surface area contributed by atoms with Crippen molar-refractivity contribution in [1.82, 2.24) is 4.90 Å². The Morgan fingerprint density at radius 1 is 1.36 bits per heavy atom. The Labute approximate surface area is 86.7 Å². The molecule has 2 atom stereocenters. The van der Waals surface area contributed by atoms with Gasteiger partial charge in [0.2, 0.25) is 0 Å². The maximum absolute atomic E-state index is 9.69. The Morgan fingerprint density at radius 3 is 2.43 bits per heavy atom. The third kappa shape index (κ3) is 2.69. The molecule has 1 aliphatic carbocycles. The minimum Gasteiger partial charge on any atom is -0.394 e. The SMILES string of the molecule is CN(CC1CCCC1O)C(C)(C)CO. The fourth-order valence-electron chi connectivity index (χ4n) is 1.95. The fourth-order valence-corrected chi connectivity index (χ4v) is 1.95. The molecule has 0 aliphatic heterocycles. The second-order valence-electron chi connectivity index (χ2n) is 5.11. The van der Waals surface area contributed by atoms with Crippen LogP contribution in [0.15, 0.2) is 0 Å². The lowest BCUT2D eigenvalue weighted by atomic mass is 10.00. The molecule has 0 bridgehead atoms. The molecule has 1 saturated carbocycles. The fraction of sp³-hybridized carbons (Fsp3) is 1.00. The molecule has 0 aromatic heterocycles. The van der Waals surface area contributed by atoms with Gasteiger partial charge in [0.15, 0.2) is 0 Å². The van der Waals surface area contributed by atoms with Gasteiger partial charge in [-0.3, -0.25) is 4.90 Å². The zero-order chi connectivity index (χ0) is 10.8. The Morgan fingerprint density at radius 2 is 2.00 bits per heavy atom. The number of aliphatic hydroxyl groups excluding tert-OH is 2. The number of likely N-dealkylation sites (N-methyl/N-ethyl adjacent to an activating group) is 1. The van der Waals surface area contributed by atoms with Gasteiger partial charge in [-0.25, -0.2) is 0 Å². The standard InChI is InChI=1S/C11H23NO2/c1-11(2,8-13)12(3)7-9-5-4-6-10(9)14/h9-10,13-14H,4-8H2,1-3H3. The van der Waals surface area contributed by atoms with Gasteiger partial charge in [-0.2, -0.15) is 0 Å². The van der Waals surface area contributed by atoms with Gasteiger partial charge in [-0.05, 0) is 39.7 Å². The van der Waals surface area contributed by atoms with E-state index in [2.05, 4.69) is 4.90 Å². The first-order chi connectivity index (χ1) is 6.47. The van der Waals surface area contributed by atoms with E-state index in [-0.39, 0.29) is 18.2 Å². The molecular weight excluding hydrogens is 178 g/mol. The van der Waals surface area contributed by atoms with Crippen LogP contribution in [0.5, 0.6) is 0 Å². The average Bonchev–Trinajstić information content (AvgIpc) is 2.52. The van der Waals surface area contributed by atoms with Crippen LogP contribution < -0.4 is 0 Å². The molecule has 0 saturated heterocycles. The smallest absolute Gasteiger partial charge is 0.0609 e. The summed E-state index contributed by atoms with van der Waals surface area (Å²) in [6.07, 6.45) is 3.07. The van der Waals surface area contributed by atoms with E-state index in [9.17, 15) is 10.2 Å². The van der Waals surface area contributed by atoms with Crippen LogP contribution in [-0.2, 0) is 0 Å². The number of hydrogen-bond acceptors (Lipinski definition) is 3. The van der Waals surface area contributed by atoms with Crippen LogP contribution >= 0.6 is 0 Å². The predicted octanol–water partition coefficient (Wildman–Crippen LogP) is 0.850. The van der Waals surface area contributed by atoms with Gasteiger partial charge in [-0.15, -0.1) is 0 Å². The highest BCUT2D eigenvalue weighted by molar-refractivity contribution is 4.84. The Kier molecular flexibility index (Phi) is 3.93. The van der Waals surface area contributed by atoms with Gasteiger partial charge in [0, 0.05) is 12.1 Å². The van der Waals surface area contributed by atoms with E-state index in [4.69, 9.17) is 0 Å². The van der Waals surface area contributed by atoms with Crippen LogP contribution in [0.25, 0.3) is 0 Å². The quantitative estimate of drug-likeness (QED) is 0.708. The van der Waals surface area contributed by atoms with Gasteiger partial charge in [0.25, 0.3) is 0 Å². The second kappa shape index (κ2) is 4.60. The monoisotopic (exact) mass is 201 g/mol. The molecule has 3 heteroatoms. The molecule has 2 N–H and O–H groups in total. The lowest BCUT2D eigenvalue weighted by Gasteiger charge is -2.36. The van der Waals surface area contributed by atoms with Gasteiger partial charge in [-0.1, -0.05) is 6.42 Å². The van der Waals surface area contributed by atoms with Crippen molar-refractivity contribution in [2.75, 3.05) is 20.2 Å². The second-order valence-corrected chi connectivity index (χ2v) is 5.11. The minimum atomic E-state index is -0.178. The molecule has 0 amide bonds. The summed E-state index contributed by atoms with van der Waals surface area (Å²) in [5.74, 6) is 0.394. The van der Waals surface area contributed by atoms with Crippen LogP contribution in [0.3, 0.4) is 0 Å². The number of rotatable bonds is 4. The largest absolute Gasteiger partial charge is 0.394 e. The highest BCUT2D eigenvalue weighted by Crippen LogP contribution is 2.27. The summed E-state index contributed by atoms with van der Waals surface area (Å²) in [5.41, 5.74) is -0.178. The molecule has 84 valence electrons. The number of hydrogen-bond donors (Lipinski definition) is 2. The maximum Gasteiger partial charge on any atom is 0.0609 e. The van der Waals surface area contributed by atoms with Crippen molar-refractivity contribution in [1.29, 1.82) is 0 Å². The summed E-state index contributed by atoms with van der Waals surface area (Å²) in [7, 11) is 2.02. The van der Waals surface area contributed by atoms with Gasteiger partial charge in [0.05, 0.1) is 12.7 Å². The molecule has 0 aromatic carbocycles. The van der Waals surface area contributed by atoms with E-state index in [1.807, 2.05) is 20.9 Å². The predicted molar refractivity (Wildman–Crippen MR) is 57.1 cm³/mol. The molecule has 0 heterocycles. The Balaban J connectivity index is 2.43. The average molecular weight is 201 g/mol. The third-order valence-corrected chi connectivity index (χ3v) is 3.55. The lowest BCUT2D eigenvalue weighted by Crippen LogP contribution is -2.47. The normalized spacial score (nSPS) is 28.7. The zero-order valence-electron chi connectivity index (χ0n) is 9.53. The molecule has 0 spiro atoms. The van der Waals surface area contributed by atoms with Crippen molar-refractivity contribution >= 4 is 0 Å². The minimum absolute atomic E-state index is 0.132. The highest BCUT2D eigenvalue weighted by atomic mass is 16.3. The van der Waals surface area contributed by atoms with Crippen molar-refractivity contribution in [3.05, 3.63) is 0 Å². The summed E-state index contributed by atoms with van der Waals surface area (Å²) in [4.78, 5) is 2.15. The topological polar surface area (TPSA) is 43.7 Å². The highest BCUT2D eigenvalue weighted by Gasteiger charge is 2.30. The van der Waals surface area contributed by atoms with E-state index in [1.165, 1.54) is 0 Å². The Hall–Kier alpha value is -0.120. The van der Waals surface area contributed by atoms with Crippen molar-refractivity contribution in [2.45, 2.75) is 44.8 Å². The van der Waals surface area contributed by atoms with Crippen LogP contribution in [0.2, 0.25) is 0 Å². The van der Waals surface area contributed by atoms with Crippen molar-refractivity contribution in [2.24, 2.45) is 5.92 Å². The summed E-state index contributed by atoms with van der Waals surface area (Å²) in [6.45, 7) is 5.09. The van der Waals surface area contributed by atoms with Crippen LogP contribution in [0.1, 0.15) is 33.1 Å². The van der Waals surface area contributed by atoms with Gasteiger partial charge in [0.1, 0.15) is 0 Å². The molecule has 0 aromatic rings. The van der Waals surface area contributed by atoms with E-state index >= 15 is 0 Å². The van der Waals surface area contributed by atoms with Gasteiger partial charge < -0.3 is 10.2 Å². The first-order valence-electron chi connectivity index (χ1n) is 5.47. The molecule has 14 heavy (non-hydrogen) atoms. The van der Waals surface area contributed by atoms with E-state index < -0.39 is 0 Å². The van der Waals surface area contributed by atoms with Crippen LogP contribution in [0.4, 0.5) is 0 Å². The number of nitrogens with zero attached hydrogens (tertiary/aromatic N) is 1. The molecule has 0 radical (unpaired) electrons. The van der Waals surface area contributed by atoms with E-state index in [1.54, 1.807) is 0 Å². The van der Waals surface area contributed by atoms with Crippen molar-refractivity contribution in [3.8, 4) is 0 Å². The van der Waals surface area contributed by atoms with Crippen LogP contribution in [0, 0.1) is 5.92 Å². The first-order valence-corrected chi connectivity index (χ1v) is 5.47. The summed E-state index contributed by atoms with van der Waals surface area (Å²) in [6, 6.07) is 0. The maximum atomic E-state index is 9.69. The zero-order valence-corrected chi connectivity index (χ0v) is 9.53. The molecule has 3 nitrogen and oxygen atoms in total. The summed E-state index contributed by atoms with van der Waals surface area (Å²) >= 11 is 0. The Bertz CT molecular complexity index is 182. The summed E-state index contributed by atoms with van der Waals surface area (Å²) in [5, 5.41) is 18.9. The molecule has 2 unspecified atom stereocenters. The summed E-state index contributed by atoms with van der Waals surface area (Å²) < 4.78 is 0. The number of aliphatic hydroxyl groups is 2. The molecule has 1 rings (SSSR count). The third-order valence-electron chi connectivity index (χ3n) is 3.55. The molecule has 1 aliphatic rings. The molecule has 1 fully saturated rings. The van der Waals surface area contributed by atoms with Crippen molar-refractivity contribution in [3.63, 3.8) is 0 Å². The van der Waals surface area contributed by atoms with Gasteiger partial charge >= 0.3 is 0 Å².